The Kier molecular flexibility index (Phi) is 5.15. The Morgan fingerprint density at radius 2 is 1.83 bits per heavy atom. The van der Waals surface area contributed by atoms with Gasteiger partial charge in [-0.05, 0) is 36.9 Å². The average molecular weight is 245 g/mol. The van der Waals surface area contributed by atoms with Crippen LogP contribution in [0.1, 0.15) is 58.7 Å². The predicted molar refractivity (Wildman–Crippen MR) is 81.0 cm³/mol. The van der Waals surface area contributed by atoms with E-state index in [2.05, 4.69) is 77.2 Å². The van der Waals surface area contributed by atoms with Gasteiger partial charge in [0.25, 0.3) is 0 Å². The van der Waals surface area contributed by atoms with Crippen molar-refractivity contribution < 1.29 is 0 Å². The standard InChI is InChI=1S/C17H27N/c1-7-18-16(12-13(2)3)14-10-8-9-11-15(14)17(4,5)6/h8-12,16,18H,7H2,1-6H3. The van der Waals surface area contributed by atoms with E-state index in [1.807, 2.05) is 0 Å². The van der Waals surface area contributed by atoms with Gasteiger partial charge in [-0.3, -0.25) is 0 Å². The van der Waals surface area contributed by atoms with Gasteiger partial charge in [0.1, 0.15) is 0 Å². The molecule has 100 valence electrons. The SMILES string of the molecule is CCNC(C=C(C)C)c1ccccc1C(C)(C)C. The van der Waals surface area contributed by atoms with E-state index >= 15 is 0 Å². The summed E-state index contributed by atoms with van der Waals surface area (Å²) in [5, 5.41) is 3.57. The number of hydrogen-bond donors (Lipinski definition) is 1. The van der Waals surface area contributed by atoms with Crippen molar-refractivity contribution in [1.29, 1.82) is 0 Å². The fraction of sp³-hybridized carbons (Fsp3) is 0.529. The minimum Gasteiger partial charge on any atom is -0.307 e. The number of allylic oxidation sites excluding steroid dienone is 1. The molecule has 0 bridgehead atoms. The first-order chi connectivity index (χ1) is 8.36. The van der Waals surface area contributed by atoms with Crippen molar-refractivity contribution in [3.05, 3.63) is 47.0 Å². The third kappa shape index (κ3) is 3.99. The quantitative estimate of drug-likeness (QED) is 0.764. The lowest BCUT2D eigenvalue weighted by atomic mass is 9.81. The number of hydrogen-bond acceptors (Lipinski definition) is 1. The molecule has 0 aliphatic rings. The van der Waals surface area contributed by atoms with Crippen molar-refractivity contribution >= 4 is 0 Å². The molecule has 1 unspecified atom stereocenters. The molecular weight excluding hydrogens is 218 g/mol. The molecule has 1 N–H and O–H groups in total. The van der Waals surface area contributed by atoms with Crippen LogP contribution < -0.4 is 5.32 Å². The average Bonchev–Trinajstić information content (AvgIpc) is 2.27. The predicted octanol–water partition coefficient (Wildman–Crippen LogP) is 4.60. The Morgan fingerprint density at radius 1 is 1.22 bits per heavy atom. The molecule has 0 saturated carbocycles. The normalized spacial score (nSPS) is 13.2. The van der Waals surface area contributed by atoms with Crippen LogP contribution >= 0.6 is 0 Å². The maximum atomic E-state index is 3.57. The highest BCUT2D eigenvalue weighted by Crippen LogP contribution is 2.30. The van der Waals surface area contributed by atoms with E-state index in [1.54, 1.807) is 0 Å². The van der Waals surface area contributed by atoms with E-state index in [0.717, 1.165) is 6.54 Å². The molecule has 1 rings (SSSR count). The maximum absolute atomic E-state index is 3.57. The van der Waals surface area contributed by atoms with E-state index in [9.17, 15) is 0 Å². The zero-order chi connectivity index (χ0) is 13.8. The number of benzene rings is 1. The molecule has 1 atom stereocenters. The molecule has 0 heterocycles. The van der Waals surface area contributed by atoms with Crippen LogP contribution in [0.3, 0.4) is 0 Å². The van der Waals surface area contributed by atoms with Gasteiger partial charge in [-0.2, -0.15) is 0 Å². The number of nitrogens with one attached hydrogen (secondary N) is 1. The van der Waals surface area contributed by atoms with Gasteiger partial charge < -0.3 is 5.32 Å². The summed E-state index contributed by atoms with van der Waals surface area (Å²) < 4.78 is 0. The smallest absolute Gasteiger partial charge is 0.0511 e. The maximum Gasteiger partial charge on any atom is 0.0511 e. The summed E-state index contributed by atoms with van der Waals surface area (Å²) in [6.07, 6.45) is 2.31. The topological polar surface area (TPSA) is 12.0 Å². The summed E-state index contributed by atoms with van der Waals surface area (Å²) in [4.78, 5) is 0. The third-order valence-corrected chi connectivity index (χ3v) is 3.03. The van der Waals surface area contributed by atoms with Crippen LogP contribution in [-0.2, 0) is 5.41 Å². The van der Waals surface area contributed by atoms with Gasteiger partial charge in [0.15, 0.2) is 0 Å². The number of likely N-dealkylation sites (N-methyl/N-ethyl adjacent to an activating group) is 1. The molecule has 0 spiro atoms. The van der Waals surface area contributed by atoms with Gasteiger partial charge in [-0.1, -0.05) is 63.6 Å². The van der Waals surface area contributed by atoms with Crippen LogP contribution in [0, 0.1) is 0 Å². The molecule has 1 nitrogen and oxygen atoms in total. The van der Waals surface area contributed by atoms with Crippen LogP contribution in [0.4, 0.5) is 0 Å². The molecule has 0 fully saturated rings. The summed E-state index contributed by atoms with van der Waals surface area (Å²) in [6, 6.07) is 9.07. The molecule has 0 aliphatic carbocycles. The van der Waals surface area contributed by atoms with E-state index in [-0.39, 0.29) is 5.41 Å². The molecule has 0 aromatic heterocycles. The van der Waals surface area contributed by atoms with Gasteiger partial charge in [0, 0.05) is 0 Å². The van der Waals surface area contributed by atoms with Crippen LogP contribution in [0.15, 0.2) is 35.9 Å². The molecule has 18 heavy (non-hydrogen) atoms. The minimum atomic E-state index is 0.180. The van der Waals surface area contributed by atoms with E-state index in [0.29, 0.717) is 6.04 Å². The van der Waals surface area contributed by atoms with Gasteiger partial charge in [0.2, 0.25) is 0 Å². The summed E-state index contributed by atoms with van der Waals surface area (Å²) in [7, 11) is 0. The Balaban J connectivity index is 3.24. The molecule has 0 saturated heterocycles. The zero-order valence-corrected chi connectivity index (χ0v) is 12.7. The Hall–Kier alpha value is -1.08. The third-order valence-electron chi connectivity index (χ3n) is 3.03. The van der Waals surface area contributed by atoms with Crippen molar-refractivity contribution in [3.8, 4) is 0 Å². The lowest BCUT2D eigenvalue weighted by Crippen LogP contribution is -2.24. The van der Waals surface area contributed by atoms with E-state index in [4.69, 9.17) is 0 Å². The molecule has 1 aromatic rings. The van der Waals surface area contributed by atoms with Crippen molar-refractivity contribution in [2.75, 3.05) is 6.54 Å². The molecule has 1 aromatic carbocycles. The highest BCUT2D eigenvalue weighted by Gasteiger charge is 2.20. The first kappa shape index (κ1) is 15.0. The largest absolute Gasteiger partial charge is 0.307 e. The van der Waals surface area contributed by atoms with Crippen molar-refractivity contribution in [3.63, 3.8) is 0 Å². The molecule has 0 radical (unpaired) electrons. The lowest BCUT2D eigenvalue weighted by Gasteiger charge is -2.27. The van der Waals surface area contributed by atoms with Crippen LogP contribution in [0.25, 0.3) is 0 Å². The molecular formula is C17H27N. The monoisotopic (exact) mass is 245 g/mol. The van der Waals surface area contributed by atoms with Crippen molar-refractivity contribution in [2.45, 2.75) is 53.0 Å². The first-order valence-corrected chi connectivity index (χ1v) is 6.84. The second-order valence-electron chi connectivity index (χ2n) is 6.12. The summed E-state index contributed by atoms with van der Waals surface area (Å²) in [5.74, 6) is 0. The minimum absolute atomic E-state index is 0.180. The zero-order valence-electron chi connectivity index (χ0n) is 12.7. The highest BCUT2D eigenvalue weighted by molar-refractivity contribution is 5.37. The fourth-order valence-corrected chi connectivity index (χ4v) is 2.26. The van der Waals surface area contributed by atoms with Crippen LogP contribution in [0.5, 0.6) is 0 Å². The Bertz CT molecular complexity index is 406. The second kappa shape index (κ2) is 6.19. The van der Waals surface area contributed by atoms with Gasteiger partial charge in [-0.25, -0.2) is 0 Å². The molecule has 1 heteroatoms. The Morgan fingerprint density at radius 3 is 2.33 bits per heavy atom. The lowest BCUT2D eigenvalue weighted by molar-refractivity contribution is 0.561. The summed E-state index contributed by atoms with van der Waals surface area (Å²) in [6.45, 7) is 14.3. The van der Waals surface area contributed by atoms with Gasteiger partial charge in [-0.15, -0.1) is 0 Å². The summed E-state index contributed by atoms with van der Waals surface area (Å²) >= 11 is 0. The van der Waals surface area contributed by atoms with Crippen LogP contribution in [-0.4, -0.2) is 6.54 Å². The van der Waals surface area contributed by atoms with Gasteiger partial charge in [0.05, 0.1) is 6.04 Å². The van der Waals surface area contributed by atoms with Gasteiger partial charge >= 0.3 is 0 Å². The Labute approximate surface area is 112 Å². The molecule has 0 aliphatic heterocycles. The fourth-order valence-electron chi connectivity index (χ4n) is 2.26. The van der Waals surface area contributed by atoms with E-state index in [1.165, 1.54) is 16.7 Å². The highest BCUT2D eigenvalue weighted by atomic mass is 14.9. The van der Waals surface area contributed by atoms with Crippen LogP contribution in [0.2, 0.25) is 0 Å². The number of rotatable bonds is 4. The van der Waals surface area contributed by atoms with Crippen molar-refractivity contribution in [2.24, 2.45) is 0 Å². The van der Waals surface area contributed by atoms with E-state index < -0.39 is 0 Å². The second-order valence-corrected chi connectivity index (χ2v) is 6.12. The molecule has 0 amide bonds. The first-order valence-electron chi connectivity index (χ1n) is 6.84. The van der Waals surface area contributed by atoms with Crippen molar-refractivity contribution in [1.82, 2.24) is 5.32 Å². The summed E-state index contributed by atoms with van der Waals surface area (Å²) in [5.41, 5.74) is 4.35.